The van der Waals surface area contributed by atoms with Crippen LogP contribution in [0.4, 0.5) is 0 Å². The van der Waals surface area contributed by atoms with Crippen LogP contribution in [0.15, 0.2) is 59.0 Å². The van der Waals surface area contributed by atoms with E-state index in [1.54, 1.807) is 7.11 Å². The molecule has 0 bridgehead atoms. The highest BCUT2D eigenvalue weighted by molar-refractivity contribution is 5.99. The molecule has 0 amide bonds. The van der Waals surface area contributed by atoms with E-state index in [2.05, 4.69) is 11.9 Å². The van der Waals surface area contributed by atoms with Crippen molar-refractivity contribution < 1.29 is 13.9 Å². The number of rotatable bonds is 7. The van der Waals surface area contributed by atoms with Crippen molar-refractivity contribution in [1.82, 2.24) is 4.98 Å². The second kappa shape index (κ2) is 7.79. The highest BCUT2D eigenvalue weighted by Crippen LogP contribution is 2.31. The molecule has 0 radical (unpaired) electrons. The third kappa shape index (κ3) is 3.79. The first-order chi connectivity index (χ1) is 12.2. The van der Waals surface area contributed by atoms with Gasteiger partial charge in [0.2, 0.25) is 5.89 Å². The number of methoxy groups -OCH3 is 1. The molecule has 0 aliphatic rings. The smallest absolute Gasteiger partial charge is 0.227 e. The topological polar surface area (TPSA) is 52.3 Å². The van der Waals surface area contributed by atoms with Crippen molar-refractivity contribution in [3.8, 4) is 28.5 Å². The van der Waals surface area contributed by atoms with E-state index in [1.807, 2.05) is 54.6 Å². The molecule has 4 nitrogen and oxygen atoms in total. The van der Waals surface area contributed by atoms with Crippen molar-refractivity contribution >= 4 is 5.78 Å². The molecule has 3 rings (SSSR count). The van der Waals surface area contributed by atoms with Gasteiger partial charge in [-0.1, -0.05) is 31.5 Å². The minimum Gasteiger partial charge on any atom is -0.497 e. The lowest BCUT2D eigenvalue weighted by atomic mass is 10.1. The summed E-state index contributed by atoms with van der Waals surface area (Å²) in [5.74, 6) is 1.75. The fraction of sp³-hybridized carbons (Fsp3) is 0.238. The number of carbonyl (C=O) groups is 1. The van der Waals surface area contributed by atoms with E-state index < -0.39 is 0 Å². The molecule has 0 unspecified atom stereocenters. The number of unbranched alkanes of at least 4 members (excludes halogenated alkanes) is 1. The van der Waals surface area contributed by atoms with Crippen LogP contribution in [0.5, 0.6) is 5.75 Å². The van der Waals surface area contributed by atoms with Gasteiger partial charge >= 0.3 is 0 Å². The van der Waals surface area contributed by atoms with Crippen molar-refractivity contribution in [3.05, 3.63) is 60.3 Å². The molecule has 0 atom stereocenters. The van der Waals surface area contributed by atoms with Crippen LogP contribution in [0.3, 0.4) is 0 Å². The van der Waals surface area contributed by atoms with E-state index in [9.17, 15) is 4.79 Å². The van der Waals surface area contributed by atoms with Gasteiger partial charge in [-0.15, -0.1) is 0 Å². The molecule has 4 heteroatoms. The van der Waals surface area contributed by atoms with E-state index in [1.165, 1.54) is 0 Å². The Labute approximate surface area is 147 Å². The number of hydrogen-bond acceptors (Lipinski definition) is 4. The molecule has 0 saturated carbocycles. The molecular formula is C21H21NO3. The van der Waals surface area contributed by atoms with Gasteiger partial charge < -0.3 is 9.15 Å². The molecule has 0 aliphatic carbocycles. The fourth-order valence-corrected chi connectivity index (χ4v) is 2.61. The summed E-state index contributed by atoms with van der Waals surface area (Å²) in [4.78, 5) is 17.1. The number of ether oxygens (including phenoxy) is 1. The number of carbonyl (C=O) groups excluding carboxylic acids is 1. The maximum Gasteiger partial charge on any atom is 0.227 e. The molecule has 0 aliphatic heterocycles. The fourth-order valence-electron chi connectivity index (χ4n) is 2.61. The van der Waals surface area contributed by atoms with Gasteiger partial charge in [-0.2, -0.15) is 0 Å². The van der Waals surface area contributed by atoms with Gasteiger partial charge in [-0.3, -0.25) is 4.79 Å². The van der Waals surface area contributed by atoms with Gasteiger partial charge in [-0.25, -0.2) is 4.98 Å². The monoisotopic (exact) mass is 335 g/mol. The molecule has 1 aromatic heterocycles. The maximum atomic E-state index is 12.6. The zero-order valence-corrected chi connectivity index (χ0v) is 14.5. The summed E-state index contributed by atoms with van der Waals surface area (Å²) in [6.07, 6.45) is 2.28. The molecule has 2 aromatic carbocycles. The van der Waals surface area contributed by atoms with Crippen LogP contribution in [-0.4, -0.2) is 17.9 Å². The average molecular weight is 335 g/mol. The first-order valence-electron chi connectivity index (χ1n) is 8.46. The third-order valence-corrected chi connectivity index (χ3v) is 4.02. The van der Waals surface area contributed by atoms with Gasteiger partial charge in [0, 0.05) is 17.5 Å². The molecule has 25 heavy (non-hydrogen) atoms. The highest BCUT2D eigenvalue weighted by atomic mass is 16.5. The van der Waals surface area contributed by atoms with E-state index >= 15 is 0 Å². The van der Waals surface area contributed by atoms with Gasteiger partial charge in [-0.05, 0) is 42.8 Å². The van der Waals surface area contributed by atoms with Crippen LogP contribution in [0.1, 0.15) is 36.7 Å². The Morgan fingerprint density at radius 1 is 1.04 bits per heavy atom. The van der Waals surface area contributed by atoms with Crippen molar-refractivity contribution in [2.45, 2.75) is 26.2 Å². The number of benzene rings is 2. The standard InChI is InChI=1S/C21H21NO3/c1-3-4-10-18(23)19-20(15-11-13-17(24-2)14-12-15)25-21(22-19)16-8-6-5-7-9-16/h5-9,11-14H,3-4,10H2,1-2H3. The van der Waals surface area contributed by atoms with Crippen LogP contribution in [0.25, 0.3) is 22.8 Å². The van der Waals surface area contributed by atoms with Crippen molar-refractivity contribution in [3.63, 3.8) is 0 Å². The minimum atomic E-state index is 0.0126. The first kappa shape index (κ1) is 17.0. The van der Waals surface area contributed by atoms with Crippen molar-refractivity contribution in [2.75, 3.05) is 7.11 Å². The Morgan fingerprint density at radius 2 is 1.76 bits per heavy atom. The summed E-state index contributed by atoms with van der Waals surface area (Å²) in [6.45, 7) is 2.07. The Morgan fingerprint density at radius 3 is 2.40 bits per heavy atom. The zero-order valence-electron chi connectivity index (χ0n) is 14.5. The van der Waals surface area contributed by atoms with Gasteiger partial charge in [0.15, 0.2) is 17.2 Å². The summed E-state index contributed by atoms with van der Waals surface area (Å²) in [7, 11) is 1.62. The molecule has 0 spiro atoms. The molecule has 0 N–H and O–H groups in total. The summed E-state index contributed by atoms with van der Waals surface area (Å²) in [6, 6.07) is 17.1. The number of hydrogen-bond donors (Lipinski definition) is 0. The molecule has 0 saturated heterocycles. The molecule has 3 aromatic rings. The first-order valence-corrected chi connectivity index (χ1v) is 8.46. The van der Waals surface area contributed by atoms with E-state index in [4.69, 9.17) is 9.15 Å². The second-order valence-electron chi connectivity index (χ2n) is 5.82. The van der Waals surface area contributed by atoms with E-state index in [-0.39, 0.29) is 5.78 Å². The number of oxazole rings is 1. The van der Waals surface area contributed by atoms with Crippen LogP contribution in [-0.2, 0) is 0 Å². The van der Waals surface area contributed by atoms with Gasteiger partial charge in [0.1, 0.15) is 5.75 Å². The predicted octanol–water partition coefficient (Wildman–Crippen LogP) is 5.39. The van der Waals surface area contributed by atoms with E-state index in [0.29, 0.717) is 23.8 Å². The Hall–Kier alpha value is -2.88. The minimum absolute atomic E-state index is 0.0126. The largest absolute Gasteiger partial charge is 0.497 e. The average Bonchev–Trinajstić information content (AvgIpc) is 3.12. The quantitative estimate of drug-likeness (QED) is 0.543. The normalized spacial score (nSPS) is 10.6. The Bertz CT molecular complexity index is 835. The van der Waals surface area contributed by atoms with Gasteiger partial charge in [0.05, 0.1) is 7.11 Å². The van der Waals surface area contributed by atoms with Crippen LogP contribution < -0.4 is 4.74 Å². The lowest BCUT2D eigenvalue weighted by Gasteiger charge is -2.03. The number of nitrogens with zero attached hydrogens (tertiary/aromatic N) is 1. The van der Waals surface area contributed by atoms with Crippen LogP contribution in [0.2, 0.25) is 0 Å². The van der Waals surface area contributed by atoms with E-state index in [0.717, 1.165) is 29.7 Å². The number of Topliss-reactive ketones (excluding diaryl/α,β-unsaturated/α-hetero) is 1. The lowest BCUT2D eigenvalue weighted by Crippen LogP contribution is -2.01. The molecule has 0 fully saturated rings. The Kier molecular flexibility index (Phi) is 5.29. The van der Waals surface area contributed by atoms with Crippen LogP contribution in [0, 0.1) is 0 Å². The second-order valence-corrected chi connectivity index (χ2v) is 5.82. The SMILES string of the molecule is CCCCC(=O)c1nc(-c2ccccc2)oc1-c1ccc(OC)cc1. The highest BCUT2D eigenvalue weighted by Gasteiger charge is 2.21. The number of aromatic nitrogens is 1. The summed E-state index contributed by atoms with van der Waals surface area (Å²) in [5, 5.41) is 0. The Balaban J connectivity index is 2.04. The summed E-state index contributed by atoms with van der Waals surface area (Å²) >= 11 is 0. The summed E-state index contributed by atoms with van der Waals surface area (Å²) < 4.78 is 11.2. The lowest BCUT2D eigenvalue weighted by molar-refractivity contribution is 0.0976. The maximum absolute atomic E-state index is 12.6. The van der Waals surface area contributed by atoms with Crippen LogP contribution >= 0.6 is 0 Å². The number of ketones is 1. The third-order valence-electron chi connectivity index (χ3n) is 4.02. The van der Waals surface area contributed by atoms with Crippen molar-refractivity contribution in [1.29, 1.82) is 0 Å². The van der Waals surface area contributed by atoms with Gasteiger partial charge in [0.25, 0.3) is 0 Å². The van der Waals surface area contributed by atoms with Crippen molar-refractivity contribution in [2.24, 2.45) is 0 Å². The molecule has 1 heterocycles. The zero-order chi connectivity index (χ0) is 17.6. The molecular weight excluding hydrogens is 314 g/mol. The molecule has 128 valence electrons. The summed E-state index contributed by atoms with van der Waals surface area (Å²) in [5.41, 5.74) is 2.07. The predicted molar refractivity (Wildman–Crippen MR) is 97.8 cm³/mol.